The zero-order chi connectivity index (χ0) is 48.0. The number of carbonyl (C=O) groups is 6. The van der Waals surface area contributed by atoms with Crippen LogP contribution in [0.5, 0.6) is 5.75 Å². The molecule has 6 amide bonds. The number of unbranched alkanes of at least 4 members (excludes halogenated alkanes) is 1. The first-order valence-electron chi connectivity index (χ1n) is 22.3. The number of nitrogens with one attached hydrogen (secondary N) is 3. The summed E-state index contributed by atoms with van der Waals surface area (Å²) in [6.07, 6.45) is 5.43. The van der Waals surface area contributed by atoms with Crippen molar-refractivity contribution in [2.24, 2.45) is 11.7 Å². The smallest absolute Gasteiger partial charge is 0.254 e. The molecule has 4 heterocycles. The summed E-state index contributed by atoms with van der Waals surface area (Å²) in [7, 11) is 0. The predicted molar refractivity (Wildman–Crippen MR) is 242 cm³/mol. The molecular formula is C47H59N8O12+. The lowest BCUT2D eigenvalue weighted by Crippen LogP contribution is -2.60. The minimum absolute atomic E-state index is 0.00376. The van der Waals surface area contributed by atoms with Gasteiger partial charge < -0.3 is 62.2 Å². The second-order valence-corrected chi connectivity index (χ2v) is 16.7. The normalized spacial score (nSPS) is 21.4. The lowest BCUT2D eigenvalue weighted by molar-refractivity contribution is -0.688. The van der Waals surface area contributed by atoms with Crippen LogP contribution in [0.3, 0.4) is 0 Å². The molecule has 67 heavy (non-hydrogen) atoms. The molecule has 6 atom stereocenters. The molecule has 3 aromatic rings. The summed E-state index contributed by atoms with van der Waals surface area (Å²) in [6, 6.07) is 14.2. The molecule has 2 fully saturated rings. The SMILES string of the molecule is NC[C@@H](C(=O)NCCC(=O)Nc1cc(C[n+]2cccc(/C=C/C(=O)NCCCCC3CCN(C(=O)c4cccc(N)c4)CC3)c2)ccc1O[C@H]1O[C@H](CO)[C@@H](O)[C@H](O)[C@@H]1O)N1C(=O)C=CC1=O. The van der Waals surface area contributed by atoms with E-state index in [4.69, 9.17) is 20.9 Å². The number of amides is 6. The van der Waals surface area contributed by atoms with E-state index in [0.29, 0.717) is 42.4 Å². The largest absolute Gasteiger partial charge is 0.460 e. The van der Waals surface area contributed by atoms with Gasteiger partial charge in [0.25, 0.3) is 17.7 Å². The minimum atomic E-state index is -1.73. The highest BCUT2D eigenvalue weighted by molar-refractivity contribution is 6.15. The number of carbonyl (C=O) groups excluding carboxylic acids is 6. The maximum Gasteiger partial charge on any atom is 0.254 e. The van der Waals surface area contributed by atoms with Crippen LogP contribution in [0.4, 0.5) is 11.4 Å². The first kappa shape index (κ1) is 49.9. The Bertz CT molecular complexity index is 2300. The Balaban J connectivity index is 1.01. The van der Waals surface area contributed by atoms with Crippen molar-refractivity contribution in [3.63, 3.8) is 0 Å². The van der Waals surface area contributed by atoms with Crippen LogP contribution >= 0.6 is 0 Å². The number of nitrogens with zero attached hydrogens (tertiary/aromatic N) is 3. The lowest BCUT2D eigenvalue weighted by atomic mass is 9.91. The number of ether oxygens (including phenoxy) is 2. The minimum Gasteiger partial charge on any atom is -0.460 e. The molecule has 3 aliphatic heterocycles. The van der Waals surface area contributed by atoms with Crippen LogP contribution in [0, 0.1) is 5.92 Å². The van der Waals surface area contributed by atoms with Gasteiger partial charge in [-0.05, 0) is 73.7 Å². The average molecular weight is 928 g/mol. The summed E-state index contributed by atoms with van der Waals surface area (Å²) in [5.74, 6) is -2.37. The predicted octanol–water partition coefficient (Wildman–Crippen LogP) is -0.667. The van der Waals surface area contributed by atoms with Gasteiger partial charge in [-0.3, -0.25) is 33.7 Å². The third kappa shape index (κ3) is 13.5. The molecule has 358 valence electrons. The molecule has 3 aliphatic rings. The zero-order valence-electron chi connectivity index (χ0n) is 36.9. The highest BCUT2D eigenvalue weighted by Crippen LogP contribution is 2.31. The van der Waals surface area contributed by atoms with Gasteiger partial charge in [-0.2, -0.15) is 0 Å². The van der Waals surface area contributed by atoms with Crippen molar-refractivity contribution in [3.8, 4) is 5.75 Å². The van der Waals surface area contributed by atoms with Gasteiger partial charge in [-0.25, -0.2) is 4.57 Å². The van der Waals surface area contributed by atoms with Gasteiger partial charge in [-0.1, -0.05) is 18.9 Å². The Hall–Kier alpha value is -6.55. The number of benzene rings is 2. The topological polar surface area (TPSA) is 300 Å². The molecular weight excluding hydrogens is 869 g/mol. The van der Waals surface area contributed by atoms with Crippen molar-refractivity contribution < 1.29 is 63.2 Å². The van der Waals surface area contributed by atoms with Crippen molar-refractivity contribution in [1.82, 2.24) is 20.4 Å². The first-order chi connectivity index (χ1) is 32.2. The third-order valence-electron chi connectivity index (χ3n) is 11.8. The molecule has 0 unspecified atom stereocenters. The van der Waals surface area contributed by atoms with Gasteiger partial charge in [-0.15, -0.1) is 0 Å². The number of anilines is 2. The van der Waals surface area contributed by atoms with Crippen molar-refractivity contribution >= 4 is 52.9 Å². The third-order valence-corrected chi connectivity index (χ3v) is 11.8. The zero-order valence-corrected chi connectivity index (χ0v) is 36.9. The Kier molecular flexibility index (Phi) is 17.7. The van der Waals surface area contributed by atoms with E-state index in [0.717, 1.165) is 54.7 Å². The number of nitrogen functional groups attached to an aromatic ring is 1. The van der Waals surface area contributed by atoms with E-state index in [-0.39, 0.29) is 49.3 Å². The van der Waals surface area contributed by atoms with E-state index in [1.54, 1.807) is 42.5 Å². The number of likely N-dealkylation sites (tertiary alicyclic amines) is 1. The van der Waals surface area contributed by atoms with Crippen LogP contribution < -0.4 is 36.7 Å². The molecule has 1 aromatic heterocycles. The van der Waals surface area contributed by atoms with Gasteiger partial charge in [0.2, 0.25) is 24.0 Å². The molecule has 6 rings (SSSR count). The number of pyridine rings is 1. The van der Waals surface area contributed by atoms with E-state index in [2.05, 4.69) is 16.0 Å². The monoisotopic (exact) mass is 927 g/mol. The molecule has 11 N–H and O–H groups in total. The molecule has 0 spiro atoms. The van der Waals surface area contributed by atoms with E-state index >= 15 is 0 Å². The fraction of sp³-hybridized carbons (Fsp3) is 0.426. The maximum atomic E-state index is 13.3. The summed E-state index contributed by atoms with van der Waals surface area (Å²) in [5.41, 5.74) is 14.2. The Morgan fingerprint density at radius 1 is 0.925 bits per heavy atom. The molecule has 0 aliphatic carbocycles. The molecule has 2 aromatic carbocycles. The van der Waals surface area contributed by atoms with Gasteiger partial charge >= 0.3 is 0 Å². The van der Waals surface area contributed by atoms with Crippen LogP contribution in [0.25, 0.3) is 6.08 Å². The molecule has 20 nitrogen and oxygen atoms in total. The van der Waals surface area contributed by atoms with E-state index in [9.17, 15) is 49.2 Å². The Labute approximate surface area is 387 Å². The molecule has 20 heteroatoms. The van der Waals surface area contributed by atoms with E-state index < -0.39 is 67.0 Å². The fourth-order valence-corrected chi connectivity index (χ4v) is 8.07. The average Bonchev–Trinajstić information content (AvgIpc) is 3.65. The van der Waals surface area contributed by atoms with Gasteiger partial charge in [0, 0.05) is 85.8 Å². The first-order valence-corrected chi connectivity index (χ1v) is 22.3. The summed E-state index contributed by atoms with van der Waals surface area (Å²) < 4.78 is 13.3. The van der Waals surface area contributed by atoms with Gasteiger partial charge in [0.1, 0.15) is 36.2 Å². The summed E-state index contributed by atoms with van der Waals surface area (Å²) >= 11 is 0. The molecule has 0 bridgehead atoms. The molecule has 2 saturated heterocycles. The quantitative estimate of drug-likeness (QED) is 0.0224. The van der Waals surface area contributed by atoms with Crippen molar-refractivity contribution in [2.45, 2.75) is 81.8 Å². The highest BCUT2D eigenvalue weighted by atomic mass is 16.7. The number of aliphatic hydroxyl groups excluding tert-OH is 4. The lowest BCUT2D eigenvalue weighted by Gasteiger charge is -2.39. The van der Waals surface area contributed by atoms with Crippen molar-refractivity contribution in [1.29, 1.82) is 0 Å². The fourth-order valence-electron chi connectivity index (χ4n) is 8.07. The van der Waals surface area contributed by atoms with Crippen LogP contribution in [-0.4, -0.2) is 142 Å². The number of hydrogen-bond acceptors (Lipinski definition) is 14. The van der Waals surface area contributed by atoms with Crippen LogP contribution in [0.15, 0.2) is 85.2 Å². The number of hydrogen-bond donors (Lipinski definition) is 9. The highest BCUT2D eigenvalue weighted by Gasteiger charge is 2.45. The van der Waals surface area contributed by atoms with Crippen molar-refractivity contribution in [3.05, 3.63) is 102 Å². The molecule has 0 saturated carbocycles. The van der Waals surface area contributed by atoms with Crippen LogP contribution in [0.2, 0.25) is 0 Å². The summed E-state index contributed by atoms with van der Waals surface area (Å²) in [6.45, 7) is 1.03. The number of imide groups is 1. The number of nitrogens with two attached hydrogens (primary N) is 2. The summed E-state index contributed by atoms with van der Waals surface area (Å²) in [5, 5.41) is 49.1. The second-order valence-electron chi connectivity index (χ2n) is 16.7. The Morgan fingerprint density at radius 3 is 2.40 bits per heavy atom. The van der Waals surface area contributed by atoms with Crippen molar-refractivity contribution in [2.75, 3.05) is 50.4 Å². The number of piperidine rings is 1. The number of aromatic nitrogens is 1. The number of rotatable bonds is 20. The van der Waals surface area contributed by atoms with Gasteiger partial charge in [0.05, 0.1) is 12.3 Å². The van der Waals surface area contributed by atoms with Crippen LogP contribution in [0.1, 0.15) is 60.0 Å². The van der Waals surface area contributed by atoms with Gasteiger partial charge in [0.15, 0.2) is 18.9 Å². The van der Waals surface area contributed by atoms with E-state index in [1.165, 1.54) is 12.1 Å². The summed E-state index contributed by atoms with van der Waals surface area (Å²) in [4.78, 5) is 78.4. The number of aliphatic hydroxyl groups is 4. The van der Waals surface area contributed by atoms with E-state index in [1.807, 2.05) is 34.0 Å². The van der Waals surface area contributed by atoms with Crippen LogP contribution in [-0.2, 0) is 35.3 Å². The second kappa shape index (κ2) is 23.8. The standard InChI is InChI=1S/C47H58N8O12/c48-25-35(55-40(59)13-14-41(55)60)45(64)51-19-15-39(58)52-34-23-31(9-11-36(34)66-47-44(63)43(62)42(61)37(28-56)67-47)27-53-20-4-6-30(26-53)10-12-38(57)50-18-2-1-5-29-16-21-54(22-17-29)46(65)32-7-3-8-33(49)24-32/h3-4,6-14,20,23-24,26,29,35,37,42-44,47,56,61-63H,1-2,5,15-19,21-22,25,27-28,48-49H2,(H2-,50,51,52,57,58,64)/p+1/b12-10+/t35-,37+,42+,43-,44-,47-/m0/s1. The maximum absolute atomic E-state index is 13.3. The molecule has 0 radical (unpaired) electrons. The Morgan fingerprint density at radius 2 is 1.69 bits per heavy atom.